The molecule has 10 heteroatoms. The number of benzene rings is 2. The van der Waals surface area contributed by atoms with E-state index < -0.39 is 23.4 Å². The standard InChI is InChI=1S/C26H29NO9/c1-13-8-16(28)23-18(30)11-17(29)22(25(23)35-13)15-6-7-27(2)12-21(15)36-26(31)14-9-19(32-3)24(34-5)20(10-14)33-4/h8-11,15,21,29-30H,6-7,12H2,1-5H3/t15-,21+/m0/s1. The lowest BCUT2D eigenvalue weighted by molar-refractivity contribution is 0.00189. The zero-order valence-electron chi connectivity index (χ0n) is 20.8. The van der Waals surface area contributed by atoms with E-state index in [9.17, 15) is 19.8 Å². The van der Waals surface area contributed by atoms with Gasteiger partial charge >= 0.3 is 5.97 Å². The predicted octanol–water partition coefficient (Wildman–Crippen LogP) is 3.18. The fourth-order valence-corrected chi connectivity index (χ4v) is 4.72. The molecule has 36 heavy (non-hydrogen) atoms. The van der Waals surface area contributed by atoms with E-state index in [1.54, 1.807) is 6.92 Å². The van der Waals surface area contributed by atoms with Gasteiger partial charge in [-0.05, 0) is 39.1 Å². The van der Waals surface area contributed by atoms with Crippen molar-refractivity contribution >= 4 is 16.9 Å². The number of fused-ring (bicyclic) bond motifs is 1. The van der Waals surface area contributed by atoms with Gasteiger partial charge in [-0.25, -0.2) is 4.79 Å². The van der Waals surface area contributed by atoms with E-state index in [0.717, 1.165) is 6.07 Å². The van der Waals surface area contributed by atoms with Crippen LogP contribution in [0, 0.1) is 6.92 Å². The fourth-order valence-electron chi connectivity index (χ4n) is 4.72. The number of likely N-dealkylation sites (N-methyl/N-ethyl adjacent to an activating group) is 1. The first kappa shape index (κ1) is 25.2. The Bertz CT molecular complexity index is 1340. The van der Waals surface area contributed by atoms with Crippen LogP contribution in [0.4, 0.5) is 0 Å². The smallest absolute Gasteiger partial charge is 0.338 e. The molecule has 3 aromatic rings. The number of carbonyl (C=O) groups excluding carboxylic acids is 1. The number of hydrogen-bond acceptors (Lipinski definition) is 10. The lowest BCUT2D eigenvalue weighted by Gasteiger charge is -2.36. The highest BCUT2D eigenvalue weighted by Gasteiger charge is 2.37. The molecule has 0 saturated carbocycles. The van der Waals surface area contributed by atoms with E-state index in [1.165, 1.54) is 39.5 Å². The number of phenols is 2. The monoisotopic (exact) mass is 499 g/mol. The van der Waals surface area contributed by atoms with Crippen molar-refractivity contribution in [2.24, 2.45) is 0 Å². The third-order valence-electron chi connectivity index (χ3n) is 6.41. The van der Waals surface area contributed by atoms with Crippen LogP contribution < -0.4 is 19.6 Å². The largest absolute Gasteiger partial charge is 0.507 e. The van der Waals surface area contributed by atoms with Crippen LogP contribution in [0.15, 0.2) is 33.5 Å². The molecular formula is C26H29NO9. The fraction of sp³-hybridized carbons (Fsp3) is 0.385. The molecule has 1 aliphatic rings. The Kier molecular flexibility index (Phi) is 6.98. The van der Waals surface area contributed by atoms with E-state index in [4.69, 9.17) is 23.4 Å². The van der Waals surface area contributed by atoms with Gasteiger partial charge in [0, 0.05) is 30.2 Å². The second-order valence-corrected chi connectivity index (χ2v) is 8.77. The van der Waals surface area contributed by atoms with Crippen molar-refractivity contribution in [3.63, 3.8) is 0 Å². The maximum Gasteiger partial charge on any atom is 0.338 e. The summed E-state index contributed by atoms with van der Waals surface area (Å²) in [6.45, 7) is 2.64. The highest BCUT2D eigenvalue weighted by molar-refractivity contribution is 5.92. The van der Waals surface area contributed by atoms with Crippen LogP contribution in [0.3, 0.4) is 0 Å². The average molecular weight is 500 g/mol. The van der Waals surface area contributed by atoms with E-state index in [0.29, 0.717) is 48.1 Å². The number of phenolic OH excluding ortho intramolecular Hbond substituents is 2. The minimum Gasteiger partial charge on any atom is -0.507 e. The summed E-state index contributed by atoms with van der Waals surface area (Å²) in [7, 11) is 6.27. The number of aryl methyl sites for hydroxylation is 1. The zero-order valence-corrected chi connectivity index (χ0v) is 20.8. The van der Waals surface area contributed by atoms with Crippen molar-refractivity contribution in [1.29, 1.82) is 0 Å². The molecule has 0 aliphatic carbocycles. The highest BCUT2D eigenvalue weighted by Crippen LogP contribution is 2.43. The quantitative estimate of drug-likeness (QED) is 0.488. The van der Waals surface area contributed by atoms with Crippen molar-refractivity contribution in [3.8, 4) is 28.7 Å². The molecule has 1 aliphatic heterocycles. The van der Waals surface area contributed by atoms with Crippen LogP contribution in [0.25, 0.3) is 11.0 Å². The van der Waals surface area contributed by atoms with Gasteiger partial charge in [-0.1, -0.05) is 0 Å². The molecule has 192 valence electrons. The van der Waals surface area contributed by atoms with Gasteiger partial charge in [-0.2, -0.15) is 0 Å². The molecule has 2 atom stereocenters. The van der Waals surface area contributed by atoms with E-state index >= 15 is 0 Å². The second-order valence-electron chi connectivity index (χ2n) is 8.77. The molecule has 0 spiro atoms. The molecule has 0 unspecified atom stereocenters. The molecule has 1 aromatic heterocycles. The van der Waals surface area contributed by atoms with Crippen molar-refractivity contribution in [3.05, 3.63) is 51.4 Å². The molecule has 2 N–H and O–H groups in total. The highest BCUT2D eigenvalue weighted by atomic mass is 16.5. The lowest BCUT2D eigenvalue weighted by Crippen LogP contribution is -2.43. The first-order valence-corrected chi connectivity index (χ1v) is 11.4. The number of esters is 1. The number of rotatable bonds is 6. The summed E-state index contributed by atoms with van der Waals surface area (Å²) in [6.07, 6.45) is -0.186. The Labute approximate surface area is 207 Å². The summed E-state index contributed by atoms with van der Waals surface area (Å²) in [5, 5.41) is 21.1. The first-order chi connectivity index (χ1) is 17.2. The van der Waals surface area contributed by atoms with Gasteiger partial charge in [0.15, 0.2) is 16.9 Å². The van der Waals surface area contributed by atoms with Crippen LogP contribution in [0.5, 0.6) is 28.7 Å². The van der Waals surface area contributed by atoms with Crippen LogP contribution in [-0.4, -0.2) is 68.7 Å². The number of ether oxygens (including phenoxy) is 4. The molecule has 4 rings (SSSR count). The summed E-state index contributed by atoms with van der Waals surface area (Å²) in [5.41, 5.74) is 0.172. The van der Waals surface area contributed by atoms with Gasteiger partial charge in [0.1, 0.15) is 34.3 Å². The minimum absolute atomic E-state index is 0.0259. The molecule has 1 saturated heterocycles. The Morgan fingerprint density at radius 3 is 2.31 bits per heavy atom. The zero-order chi connectivity index (χ0) is 26.1. The third kappa shape index (κ3) is 4.51. The molecule has 1 fully saturated rings. The van der Waals surface area contributed by atoms with Crippen LogP contribution >= 0.6 is 0 Å². The number of nitrogens with zero attached hydrogens (tertiary/aromatic N) is 1. The third-order valence-corrected chi connectivity index (χ3v) is 6.41. The van der Waals surface area contributed by atoms with Gasteiger partial charge in [0.05, 0.1) is 26.9 Å². The lowest BCUT2D eigenvalue weighted by atomic mass is 9.85. The van der Waals surface area contributed by atoms with Gasteiger partial charge in [0.25, 0.3) is 0 Å². The predicted molar refractivity (Wildman–Crippen MR) is 131 cm³/mol. The Morgan fingerprint density at radius 2 is 1.69 bits per heavy atom. The van der Waals surface area contributed by atoms with Gasteiger partial charge < -0.3 is 38.5 Å². The summed E-state index contributed by atoms with van der Waals surface area (Å²) >= 11 is 0. The van der Waals surface area contributed by atoms with Crippen LogP contribution in [-0.2, 0) is 4.74 Å². The maximum absolute atomic E-state index is 13.3. The molecular weight excluding hydrogens is 470 g/mol. The summed E-state index contributed by atoms with van der Waals surface area (Å²) in [6, 6.07) is 5.40. The Balaban J connectivity index is 1.77. The van der Waals surface area contributed by atoms with Crippen LogP contribution in [0.1, 0.15) is 34.0 Å². The summed E-state index contributed by atoms with van der Waals surface area (Å²) in [4.78, 5) is 27.9. The number of likely N-dealkylation sites (tertiary alicyclic amines) is 1. The van der Waals surface area contributed by atoms with Crippen LogP contribution in [0.2, 0.25) is 0 Å². The Hall–Kier alpha value is -3.92. The van der Waals surface area contributed by atoms with Crippen molar-refractivity contribution < 1.29 is 38.4 Å². The molecule has 0 amide bonds. The SMILES string of the molecule is COc1cc(C(=O)O[C@@H]2CN(C)CC[C@@H]2c2c(O)cc(O)c3c(=O)cc(C)oc23)cc(OC)c1OC. The van der Waals surface area contributed by atoms with E-state index in [-0.39, 0.29) is 28.0 Å². The normalized spacial score (nSPS) is 18.1. The maximum atomic E-state index is 13.3. The molecule has 0 radical (unpaired) electrons. The first-order valence-electron chi connectivity index (χ1n) is 11.4. The molecule has 2 aromatic carbocycles. The average Bonchev–Trinajstić information content (AvgIpc) is 2.83. The minimum atomic E-state index is -0.695. The van der Waals surface area contributed by atoms with E-state index in [1.807, 2.05) is 11.9 Å². The number of hydrogen-bond donors (Lipinski definition) is 2. The topological polar surface area (TPSA) is 128 Å². The molecule has 10 nitrogen and oxygen atoms in total. The number of piperidine rings is 1. The summed E-state index contributed by atoms with van der Waals surface area (Å²) < 4.78 is 27.8. The van der Waals surface area contributed by atoms with E-state index in [2.05, 4.69) is 0 Å². The number of carbonyl (C=O) groups is 1. The van der Waals surface area contributed by atoms with Gasteiger partial charge in [0.2, 0.25) is 5.75 Å². The number of methoxy groups -OCH3 is 3. The van der Waals surface area contributed by atoms with Crippen molar-refractivity contribution in [2.75, 3.05) is 41.5 Å². The van der Waals surface area contributed by atoms with Gasteiger partial charge in [-0.3, -0.25) is 4.79 Å². The van der Waals surface area contributed by atoms with Gasteiger partial charge in [-0.15, -0.1) is 0 Å². The van der Waals surface area contributed by atoms with Crippen molar-refractivity contribution in [2.45, 2.75) is 25.4 Å². The van der Waals surface area contributed by atoms with Crippen molar-refractivity contribution in [1.82, 2.24) is 4.90 Å². The Morgan fingerprint density at radius 1 is 1.03 bits per heavy atom. The summed E-state index contributed by atoms with van der Waals surface area (Å²) in [5.74, 6) is -0.451. The molecule has 2 heterocycles. The second kappa shape index (κ2) is 9.98. The number of aromatic hydroxyl groups is 2. The molecule has 0 bridgehead atoms.